The first kappa shape index (κ1) is 14.5. The van der Waals surface area contributed by atoms with E-state index in [1.54, 1.807) is 13.8 Å². The first-order valence-electron chi connectivity index (χ1n) is 4.74. The molecule has 0 aromatic carbocycles. The summed E-state index contributed by atoms with van der Waals surface area (Å²) in [6, 6.07) is 0. The van der Waals surface area contributed by atoms with E-state index >= 15 is 0 Å². The third-order valence-corrected chi connectivity index (χ3v) is 2.25. The highest BCUT2D eigenvalue weighted by Gasteiger charge is 2.33. The van der Waals surface area contributed by atoms with Gasteiger partial charge in [-0.05, 0) is 18.8 Å². The maximum absolute atomic E-state index is 11.5. The van der Waals surface area contributed by atoms with Crippen LogP contribution in [0.3, 0.4) is 0 Å². The van der Waals surface area contributed by atoms with Crippen molar-refractivity contribution in [3.05, 3.63) is 0 Å². The van der Waals surface area contributed by atoms with Crippen molar-refractivity contribution in [2.24, 2.45) is 11.3 Å². The lowest BCUT2D eigenvalue weighted by atomic mass is 9.79. The molecule has 5 nitrogen and oxygen atoms in total. The fourth-order valence-corrected chi connectivity index (χ4v) is 1.45. The van der Waals surface area contributed by atoms with Crippen molar-refractivity contribution in [3.8, 4) is 0 Å². The van der Waals surface area contributed by atoms with Crippen LogP contribution in [0.25, 0.3) is 0 Å². The van der Waals surface area contributed by atoms with Crippen molar-refractivity contribution < 1.29 is 29.0 Å². The zero-order valence-electron chi connectivity index (χ0n) is 9.45. The molecule has 0 amide bonds. The molecule has 0 saturated heterocycles. The van der Waals surface area contributed by atoms with E-state index in [9.17, 15) is 18.9 Å². The van der Waals surface area contributed by atoms with Crippen LogP contribution in [0.5, 0.6) is 0 Å². The molecule has 0 spiro atoms. The van der Waals surface area contributed by atoms with Gasteiger partial charge in [-0.2, -0.15) is 0 Å². The molecule has 92 valence electrons. The van der Waals surface area contributed by atoms with E-state index in [0.717, 1.165) is 0 Å². The van der Waals surface area contributed by atoms with E-state index in [-0.39, 0.29) is 12.8 Å². The lowest BCUT2D eigenvalue weighted by Crippen LogP contribution is -2.29. The molecule has 0 heterocycles. The summed E-state index contributed by atoms with van der Waals surface area (Å²) in [7, 11) is 0. The van der Waals surface area contributed by atoms with Gasteiger partial charge in [0.15, 0.2) is 0 Å². The van der Waals surface area contributed by atoms with Crippen molar-refractivity contribution >= 4 is 17.7 Å². The SMILES string of the molecule is CC(=O)C(CC(C)(C)CC(=O)OF)C(=O)O. The molecule has 16 heavy (non-hydrogen) atoms. The molecule has 0 aromatic rings. The van der Waals surface area contributed by atoms with Crippen molar-refractivity contribution in [2.75, 3.05) is 0 Å². The number of hydrogen-bond donors (Lipinski definition) is 1. The average Bonchev–Trinajstić information content (AvgIpc) is 2.12. The Hall–Kier alpha value is -1.46. The van der Waals surface area contributed by atoms with Crippen LogP contribution in [-0.2, 0) is 19.3 Å². The summed E-state index contributed by atoms with van der Waals surface area (Å²) in [6.07, 6.45) is -0.312. The van der Waals surface area contributed by atoms with Gasteiger partial charge in [0, 0.05) is 4.53 Å². The van der Waals surface area contributed by atoms with E-state index < -0.39 is 29.1 Å². The highest BCUT2D eigenvalue weighted by Crippen LogP contribution is 2.30. The molecule has 6 heteroatoms. The molecule has 1 atom stereocenters. The Morgan fingerprint density at radius 1 is 1.38 bits per heavy atom. The second-order valence-corrected chi connectivity index (χ2v) is 4.50. The van der Waals surface area contributed by atoms with Crippen LogP contribution < -0.4 is 0 Å². The van der Waals surface area contributed by atoms with Gasteiger partial charge in [-0.15, -0.1) is 0 Å². The first-order valence-corrected chi connectivity index (χ1v) is 4.74. The number of rotatable bonds is 6. The number of carboxylic acid groups (broad SMARTS) is 1. The predicted molar refractivity (Wildman–Crippen MR) is 52.0 cm³/mol. The standard InChI is InChI=1S/C10H15FO5/c1-6(12)7(9(14)15)4-10(2,3)5-8(13)16-11/h7H,4-5H2,1-3H3,(H,14,15). The average molecular weight is 234 g/mol. The van der Waals surface area contributed by atoms with Crippen molar-refractivity contribution in [1.29, 1.82) is 0 Å². The number of ketones is 1. The minimum Gasteiger partial charge on any atom is -0.481 e. The Kier molecular flexibility index (Phi) is 5.07. The molecule has 1 N–H and O–H groups in total. The van der Waals surface area contributed by atoms with E-state index in [1.807, 2.05) is 0 Å². The number of carbonyl (C=O) groups is 3. The monoisotopic (exact) mass is 234 g/mol. The molecule has 0 bridgehead atoms. The van der Waals surface area contributed by atoms with Crippen molar-refractivity contribution in [3.63, 3.8) is 0 Å². The Morgan fingerprint density at radius 3 is 2.19 bits per heavy atom. The smallest absolute Gasteiger partial charge is 0.349 e. The zero-order chi connectivity index (χ0) is 12.9. The molecule has 1 unspecified atom stereocenters. The van der Waals surface area contributed by atoms with Crippen LogP contribution in [0.15, 0.2) is 0 Å². The molecule has 0 aliphatic heterocycles. The molecule has 0 rings (SSSR count). The Bertz CT molecular complexity index is 284. The summed E-state index contributed by atoms with van der Waals surface area (Å²) in [6.45, 7) is 4.31. The van der Waals surface area contributed by atoms with Crippen LogP contribution in [-0.4, -0.2) is 22.8 Å². The molecule has 0 saturated carbocycles. The molecule has 0 aliphatic rings. The first-order chi connectivity index (χ1) is 7.19. The largest absolute Gasteiger partial charge is 0.481 e. The zero-order valence-corrected chi connectivity index (χ0v) is 9.45. The third-order valence-electron chi connectivity index (χ3n) is 2.25. The number of halogens is 1. The number of hydrogen-bond acceptors (Lipinski definition) is 4. The van der Waals surface area contributed by atoms with Crippen molar-refractivity contribution in [1.82, 2.24) is 0 Å². The van der Waals surface area contributed by atoms with E-state index in [4.69, 9.17) is 5.11 Å². The molecule has 0 radical (unpaired) electrons. The lowest BCUT2D eigenvalue weighted by Gasteiger charge is -2.24. The minimum atomic E-state index is -1.24. The fraction of sp³-hybridized carbons (Fsp3) is 0.700. The summed E-state index contributed by atoms with van der Waals surface area (Å²) in [5.41, 5.74) is -0.808. The number of Topliss-reactive ketones (excluding diaryl/α,β-unsaturated/α-hetero) is 1. The van der Waals surface area contributed by atoms with Crippen LogP contribution in [0.2, 0.25) is 0 Å². The van der Waals surface area contributed by atoms with Crippen LogP contribution in [0.1, 0.15) is 33.6 Å². The van der Waals surface area contributed by atoms with E-state index in [0.29, 0.717) is 0 Å². The predicted octanol–water partition coefficient (Wildman–Crippen LogP) is 1.51. The second-order valence-electron chi connectivity index (χ2n) is 4.50. The summed E-state index contributed by atoms with van der Waals surface area (Å²) >= 11 is 0. The summed E-state index contributed by atoms with van der Waals surface area (Å²) in [5.74, 6) is -3.98. The molecule has 0 fully saturated rings. The maximum atomic E-state index is 11.5. The summed E-state index contributed by atoms with van der Waals surface area (Å²) in [4.78, 5) is 35.5. The van der Waals surface area contributed by atoms with Crippen LogP contribution in [0, 0.1) is 11.3 Å². The highest BCUT2D eigenvalue weighted by molar-refractivity contribution is 5.96. The normalized spacial score (nSPS) is 13.0. The van der Waals surface area contributed by atoms with Crippen LogP contribution >= 0.6 is 0 Å². The summed E-state index contributed by atoms with van der Waals surface area (Å²) in [5, 5.41) is 8.79. The van der Waals surface area contributed by atoms with Gasteiger partial charge in [-0.25, -0.2) is 4.79 Å². The number of carboxylic acids is 1. The highest BCUT2D eigenvalue weighted by atomic mass is 19.3. The molecular formula is C10H15FO5. The third kappa shape index (κ3) is 4.86. The quantitative estimate of drug-likeness (QED) is 0.704. The Labute approximate surface area is 92.5 Å². The van der Waals surface area contributed by atoms with Crippen LogP contribution in [0.4, 0.5) is 4.53 Å². The van der Waals surface area contributed by atoms with Gasteiger partial charge in [0.2, 0.25) is 0 Å². The van der Waals surface area contributed by atoms with Gasteiger partial charge < -0.3 is 5.11 Å². The van der Waals surface area contributed by atoms with E-state index in [1.165, 1.54) is 6.92 Å². The topological polar surface area (TPSA) is 80.7 Å². The van der Waals surface area contributed by atoms with Gasteiger partial charge in [-0.3, -0.25) is 14.5 Å². The molecule has 0 aromatic heterocycles. The van der Waals surface area contributed by atoms with E-state index in [2.05, 4.69) is 4.94 Å². The molecule has 0 aliphatic carbocycles. The number of aliphatic carboxylic acids is 1. The van der Waals surface area contributed by atoms with Gasteiger partial charge >= 0.3 is 11.9 Å². The lowest BCUT2D eigenvalue weighted by molar-refractivity contribution is -0.186. The van der Waals surface area contributed by atoms with Gasteiger partial charge in [0.25, 0.3) is 0 Å². The van der Waals surface area contributed by atoms with Gasteiger partial charge in [0.05, 0.1) is 6.42 Å². The van der Waals surface area contributed by atoms with Gasteiger partial charge in [0.1, 0.15) is 11.7 Å². The molecular weight excluding hydrogens is 219 g/mol. The van der Waals surface area contributed by atoms with Crippen molar-refractivity contribution in [2.45, 2.75) is 33.6 Å². The fourth-order valence-electron chi connectivity index (χ4n) is 1.45. The maximum Gasteiger partial charge on any atom is 0.349 e. The summed E-state index contributed by atoms with van der Waals surface area (Å²) < 4.78 is 11.5. The Morgan fingerprint density at radius 2 is 1.88 bits per heavy atom. The minimum absolute atomic E-state index is 0.0350. The Balaban J connectivity index is 4.59. The van der Waals surface area contributed by atoms with Gasteiger partial charge in [-0.1, -0.05) is 13.8 Å². The second kappa shape index (κ2) is 5.58. The number of carbonyl (C=O) groups excluding carboxylic acids is 2.